The number of benzene rings is 3. The second-order valence-corrected chi connectivity index (χ2v) is 10.2. The Kier molecular flexibility index (Phi) is 6.75. The van der Waals surface area contributed by atoms with Gasteiger partial charge in [-0.05, 0) is 97.6 Å². The molecule has 0 spiro atoms. The number of nitrogens with one attached hydrogen (secondary N) is 1. The molecule has 1 aliphatic rings. The van der Waals surface area contributed by atoms with Crippen LogP contribution in [0.1, 0.15) is 40.7 Å². The maximum atomic E-state index is 13.7. The quantitative estimate of drug-likeness (QED) is 0.276. The first-order valence-corrected chi connectivity index (χ1v) is 12.7. The molecule has 6 heteroatoms. The number of fused-ring (bicyclic) bond motifs is 2. The van der Waals surface area contributed by atoms with Crippen molar-refractivity contribution in [3.8, 4) is 6.07 Å². The molecule has 0 saturated carbocycles. The Morgan fingerprint density at radius 2 is 1.94 bits per heavy atom. The molecule has 4 nitrogen and oxygen atoms in total. The molecule has 0 fully saturated rings. The van der Waals surface area contributed by atoms with Crippen LogP contribution in [0, 0.1) is 17.1 Å². The fourth-order valence-electron chi connectivity index (χ4n) is 5.14. The van der Waals surface area contributed by atoms with E-state index in [0.717, 1.165) is 59.0 Å². The summed E-state index contributed by atoms with van der Waals surface area (Å²) < 4.78 is 21.2. The molecule has 1 N–H and O–H groups in total. The van der Waals surface area contributed by atoms with Gasteiger partial charge in [0, 0.05) is 28.1 Å². The van der Waals surface area contributed by atoms with E-state index in [2.05, 4.69) is 63.3 Å². The number of ether oxygens (including phenoxy) is 1. The van der Waals surface area contributed by atoms with Gasteiger partial charge in [-0.2, -0.15) is 5.26 Å². The molecule has 2 heterocycles. The van der Waals surface area contributed by atoms with E-state index >= 15 is 0 Å². The van der Waals surface area contributed by atoms with Crippen LogP contribution in [0.2, 0.25) is 0 Å². The summed E-state index contributed by atoms with van der Waals surface area (Å²) in [6.45, 7) is 2.32. The Morgan fingerprint density at radius 3 is 2.74 bits per heavy atom. The topological polar surface area (TPSA) is 52.0 Å². The van der Waals surface area contributed by atoms with Crippen LogP contribution >= 0.6 is 15.9 Å². The Labute approximate surface area is 213 Å². The van der Waals surface area contributed by atoms with Crippen LogP contribution in [0.5, 0.6) is 0 Å². The van der Waals surface area contributed by atoms with Gasteiger partial charge in [-0.1, -0.05) is 34.1 Å². The fourth-order valence-corrected chi connectivity index (χ4v) is 5.50. The van der Waals surface area contributed by atoms with Crippen molar-refractivity contribution in [2.45, 2.75) is 31.5 Å². The van der Waals surface area contributed by atoms with Crippen molar-refractivity contribution >= 4 is 26.8 Å². The molecule has 178 valence electrons. The number of rotatable bonds is 8. The van der Waals surface area contributed by atoms with Crippen molar-refractivity contribution in [1.29, 1.82) is 5.26 Å². The first-order chi connectivity index (χ1) is 17.0. The summed E-state index contributed by atoms with van der Waals surface area (Å²) in [7, 11) is 2.15. The minimum absolute atomic E-state index is 0.258. The molecule has 1 unspecified atom stereocenters. The highest BCUT2D eigenvalue weighted by Gasteiger charge is 2.41. The lowest BCUT2D eigenvalue weighted by Crippen LogP contribution is -2.30. The van der Waals surface area contributed by atoms with Gasteiger partial charge < -0.3 is 14.6 Å². The predicted octanol–water partition coefficient (Wildman–Crippen LogP) is 6.67. The van der Waals surface area contributed by atoms with Crippen molar-refractivity contribution in [3.63, 3.8) is 0 Å². The molecule has 35 heavy (non-hydrogen) atoms. The van der Waals surface area contributed by atoms with Crippen LogP contribution in [0.15, 0.2) is 71.3 Å². The van der Waals surface area contributed by atoms with Gasteiger partial charge in [0.15, 0.2) is 0 Å². The third-order valence-corrected chi connectivity index (χ3v) is 7.51. The van der Waals surface area contributed by atoms with Gasteiger partial charge in [0.05, 0.1) is 18.2 Å². The summed E-state index contributed by atoms with van der Waals surface area (Å²) in [5.41, 5.74) is 5.55. The van der Waals surface area contributed by atoms with E-state index in [1.807, 2.05) is 30.3 Å². The van der Waals surface area contributed by atoms with Crippen molar-refractivity contribution in [2.75, 3.05) is 20.1 Å². The van der Waals surface area contributed by atoms with E-state index < -0.39 is 5.60 Å². The van der Waals surface area contributed by atoms with Gasteiger partial charge in [-0.15, -0.1) is 0 Å². The number of aromatic amines is 1. The smallest absolute Gasteiger partial charge is 0.123 e. The highest BCUT2D eigenvalue weighted by Crippen LogP contribution is 2.45. The molecule has 1 aromatic heterocycles. The maximum absolute atomic E-state index is 13.7. The monoisotopic (exact) mass is 531 g/mol. The standard InChI is InChI=1S/C29H27BrFN3O/c1-34(14-11-21-18-33-28-10-6-24(30)16-26(21)28)13-2-12-29(23-4-7-25(31)8-5-23)27-9-3-20(17-32)15-22(27)19-35-29/h3-10,15-16,18,33H,2,11-14,19H2,1H3. The number of hydrogen-bond acceptors (Lipinski definition) is 3. The molecule has 0 radical (unpaired) electrons. The zero-order chi connectivity index (χ0) is 24.4. The number of halogens is 2. The molecule has 0 aliphatic carbocycles. The minimum atomic E-state index is -0.624. The zero-order valence-electron chi connectivity index (χ0n) is 19.7. The summed E-state index contributed by atoms with van der Waals surface area (Å²) in [4.78, 5) is 5.71. The normalized spacial score (nSPS) is 17.1. The van der Waals surface area contributed by atoms with Gasteiger partial charge in [0.25, 0.3) is 0 Å². The van der Waals surface area contributed by atoms with Gasteiger partial charge in [-0.3, -0.25) is 0 Å². The number of likely N-dealkylation sites (N-methyl/N-ethyl adjacent to an activating group) is 1. The van der Waals surface area contributed by atoms with E-state index in [0.29, 0.717) is 12.2 Å². The average molecular weight is 532 g/mol. The highest BCUT2D eigenvalue weighted by atomic mass is 79.9. The molecule has 3 aromatic carbocycles. The molecule has 0 amide bonds. The van der Waals surface area contributed by atoms with Crippen LogP contribution in [0.3, 0.4) is 0 Å². The number of nitriles is 1. The van der Waals surface area contributed by atoms with Crippen molar-refractivity contribution in [2.24, 2.45) is 0 Å². The molecule has 4 aromatic rings. The second-order valence-electron chi connectivity index (χ2n) is 9.27. The van der Waals surface area contributed by atoms with E-state index in [9.17, 15) is 9.65 Å². The van der Waals surface area contributed by atoms with Gasteiger partial charge in [-0.25, -0.2) is 4.39 Å². The molecule has 0 bridgehead atoms. The molecule has 1 atom stereocenters. The van der Waals surface area contributed by atoms with Crippen LogP contribution in [-0.2, 0) is 23.4 Å². The lowest BCUT2D eigenvalue weighted by Gasteiger charge is -2.31. The average Bonchev–Trinajstić information content (AvgIpc) is 3.44. The number of nitrogens with zero attached hydrogens (tertiary/aromatic N) is 2. The Balaban J connectivity index is 1.28. The summed E-state index contributed by atoms with van der Waals surface area (Å²) in [6, 6.07) is 20.9. The van der Waals surface area contributed by atoms with Crippen LogP contribution in [0.4, 0.5) is 4.39 Å². The van der Waals surface area contributed by atoms with Crippen molar-refractivity contribution < 1.29 is 9.13 Å². The van der Waals surface area contributed by atoms with Gasteiger partial charge in [0.2, 0.25) is 0 Å². The largest absolute Gasteiger partial charge is 0.361 e. The summed E-state index contributed by atoms with van der Waals surface area (Å²) in [5.74, 6) is -0.258. The van der Waals surface area contributed by atoms with Crippen molar-refractivity contribution in [1.82, 2.24) is 9.88 Å². The maximum Gasteiger partial charge on any atom is 0.123 e. The third kappa shape index (κ3) is 4.77. The lowest BCUT2D eigenvalue weighted by molar-refractivity contribution is -0.0142. The molecule has 1 aliphatic heterocycles. The van der Waals surface area contributed by atoms with Crippen LogP contribution in [0.25, 0.3) is 10.9 Å². The highest BCUT2D eigenvalue weighted by molar-refractivity contribution is 9.10. The first-order valence-electron chi connectivity index (χ1n) is 11.9. The Bertz CT molecular complexity index is 1390. The summed E-state index contributed by atoms with van der Waals surface area (Å²) >= 11 is 3.57. The fraction of sp³-hybridized carbons (Fsp3) is 0.276. The second kappa shape index (κ2) is 9.94. The van der Waals surface area contributed by atoms with Gasteiger partial charge >= 0.3 is 0 Å². The van der Waals surface area contributed by atoms with E-state index in [-0.39, 0.29) is 5.82 Å². The van der Waals surface area contributed by atoms with Gasteiger partial charge in [0.1, 0.15) is 11.4 Å². The molecule has 0 saturated heterocycles. The number of aromatic nitrogens is 1. The number of hydrogen-bond donors (Lipinski definition) is 1. The number of H-pyrrole nitrogens is 1. The SMILES string of the molecule is CN(CCCC1(c2ccc(F)cc2)OCc2cc(C#N)ccc21)CCc1c[nH]c2ccc(Br)cc12. The van der Waals surface area contributed by atoms with Crippen LogP contribution in [-0.4, -0.2) is 30.0 Å². The van der Waals surface area contributed by atoms with E-state index in [1.165, 1.54) is 23.1 Å². The molecular weight excluding hydrogens is 505 g/mol. The Hall–Kier alpha value is -2.98. The first kappa shape index (κ1) is 23.7. The minimum Gasteiger partial charge on any atom is -0.361 e. The zero-order valence-corrected chi connectivity index (χ0v) is 21.2. The molecular formula is C29H27BrFN3O. The Morgan fingerprint density at radius 1 is 1.11 bits per heavy atom. The summed E-state index contributed by atoms with van der Waals surface area (Å²) in [5, 5.41) is 10.6. The van der Waals surface area contributed by atoms with E-state index in [4.69, 9.17) is 4.74 Å². The predicted molar refractivity (Wildman–Crippen MR) is 140 cm³/mol. The van der Waals surface area contributed by atoms with Crippen molar-refractivity contribution in [3.05, 3.63) is 105 Å². The van der Waals surface area contributed by atoms with E-state index in [1.54, 1.807) is 0 Å². The lowest BCUT2D eigenvalue weighted by atomic mass is 9.81. The third-order valence-electron chi connectivity index (χ3n) is 7.02. The molecule has 5 rings (SSSR count). The van der Waals surface area contributed by atoms with Crippen LogP contribution < -0.4 is 0 Å². The summed E-state index contributed by atoms with van der Waals surface area (Å²) in [6.07, 6.45) is 4.77.